The maximum absolute atomic E-state index is 11.6. The average Bonchev–Trinajstić information content (AvgIpc) is 2.02. The van der Waals surface area contributed by atoms with Crippen LogP contribution in [0.15, 0.2) is 0 Å². The minimum absolute atomic E-state index is 0.347. The van der Waals surface area contributed by atoms with Crippen molar-refractivity contribution in [1.29, 1.82) is 0 Å². The molecular weight excluding hydrogens is 202 g/mol. The number of amides is 1. The smallest absolute Gasteiger partial charge is 0.239 e. The largest absolute Gasteiger partial charge is 0.273 e. The first-order valence-electron chi connectivity index (χ1n) is 4.86. The van der Waals surface area contributed by atoms with E-state index in [4.69, 9.17) is 0 Å². The second-order valence-electron chi connectivity index (χ2n) is 4.32. The van der Waals surface area contributed by atoms with Gasteiger partial charge in [0.2, 0.25) is 15.9 Å². The van der Waals surface area contributed by atoms with Gasteiger partial charge in [-0.2, -0.15) is 0 Å². The Bertz CT molecular complexity index is 315. The number of carbonyl (C=O) groups excluding carboxylic acids is 1. The van der Waals surface area contributed by atoms with Crippen LogP contribution in [0.25, 0.3) is 0 Å². The van der Waals surface area contributed by atoms with Crippen LogP contribution < -0.4 is 4.72 Å². The van der Waals surface area contributed by atoms with Crippen LogP contribution in [0.1, 0.15) is 39.0 Å². The average molecular weight is 219 g/mol. The molecule has 0 radical (unpaired) electrons. The number of rotatable bonds is 2. The molecule has 4 nitrogen and oxygen atoms in total. The van der Waals surface area contributed by atoms with E-state index in [1.807, 2.05) is 6.92 Å². The van der Waals surface area contributed by atoms with Crippen LogP contribution >= 0.6 is 0 Å². The van der Waals surface area contributed by atoms with Crippen LogP contribution in [-0.4, -0.2) is 20.6 Å². The molecule has 0 atom stereocenters. The molecule has 82 valence electrons. The first-order valence-corrected chi connectivity index (χ1v) is 6.75. The van der Waals surface area contributed by atoms with Crippen LogP contribution in [0, 0.1) is 5.41 Å². The van der Waals surface area contributed by atoms with E-state index >= 15 is 0 Å². The van der Waals surface area contributed by atoms with Crippen LogP contribution in [0.4, 0.5) is 0 Å². The summed E-state index contributed by atoms with van der Waals surface area (Å²) >= 11 is 0. The molecule has 0 saturated heterocycles. The van der Waals surface area contributed by atoms with E-state index in [0.717, 1.165) is 38.4 Å². The Hall–Kier alpha value is -0.580. The monoisotopic (exact) mass is 219 g/mol. The second-order valence-corrected chi connectivity index (χ2v) is 6.07. The fourth-order valence-electron chi connectivity index (χ4n) is 1.85. The minimum atomic E-state index is -3.41. The summed E-state index contributed by atoms with van der Waals surface area (Å²) < 4.78 is 23.9. The van der Waals surface area contributed by atoms with Crippen molar-refractivity contribution in [2.45, 2.75) is 39.0 Å². The lowest BCUT2D eigenvalue weighted by atomic mass is 9.75. The molecule has 1 aliphatic carbocycles. The van der Waals surface area contributed by atoms with Gasteiger partial charge in [0.15, 0.2) is 0 Å². The van der Waals surface area contributed by atoms with Crippen molar-refractivity contribution in [3.63, 3.8) is 0 Å². The van der Waals surface area contributed by atoms with Gasteiger partial charge < -0.3 is 0 Å². The minimum Gasteiger partial charge on any atom is -0.273 e. The van der Waals surface area contributed by atoms with Gasteiger partial charge in [-0.25, -0.2) is 8.42 Å². The highest BCUT2D eigenvalue weighted by molar-refractivity contribution is 7.89. The quantitative estimate of drug-likeness (QED) is 0.754. The molecule has 1 amide bonds. The molecule has 14 heavy (non-hydrogen) atoms. The third-order valence-electron chi connectivity index (χ3n) is 2.78. The van der Waals surface area contributed by atoms with E-state index in [0.29, 0.717) is 0 Å². The van der Waals surface area contributed by atoms with E-state index in [2.05, 4.69) is 4.72 Å². The van der Waals surface area contributed by atoms with Crippen LogP contribution in [-0.2, 0) is 14.8 Å². The van der Waals surface area contributed by atoms with Gasteiger partial charge in [0.25, 0.3) is 0 Å². The van der Waals surface area contributed by atoms with Crippen LogP contribution in [0.5, 0.6) is 0 Å². The Morgan fingerprint density at radius 2 is 1.71 bits per heavy atom. The molecule has 0 aromatic rings. The van der Waals surface area contributed by atoms with E-state index in [1.165, 1.54) is 0 Å². The molecule has 1 N–H and O–H groups in total. The Morgan fingerprint density at radius 3 is 2.14 bits per heavy atom. The topological polar surface area (TPSA) is 63.2 Å². The van der Waals surface area contributed by atoms with E-state index in [-0.39, 0.29) is 5.91 Å². The Morgan fingerprint density at radius 1 is 1.21 bits per heavy atom. The van der Waals surface area contributed by atoms with Crippen molar-refractivity contribution in [2.75, 3.05) is 6.26 Å². The molecule has 0 aliphatic heterocycles. The van der Waals surface area contributed by atoms with E-state index in [9.17, 15) is 13.2 Å². The van der Waals surface area contributed by atoms with Gasteiger partial charge in [-0.15, -0.1) is 0 Å². The Labute approximate surface area is 85.1 Å². The first kappa shape index (κ1) is 11.5. The lowest BCUT2D eigenvalue weighted by Gasteiger charge is -2.31. The van der Waals surface area contributed by atoms with Gasteiger partial charge in [0.05, 0.1) is 6.26 Å². The lowest BCUT2D eigenvalue weighted by molar-refractivity contribution is -0.129. The van der Waals surface area contributed by atoms with Gasteiger partial charge in [-0.05, 0) is 12.8 Å². The van der Waals surface area contributed by atoms with Crippen molar-refractivity contribution in [3.8, 4) is 0 Å². The fraction of sp³-hybridized carbons (Fsp3) is 0.889. The van der Waals surface area contributed by atoms with Gasteiger partial charge >= 0.3 is 0 Å². The number of hydrogen-bond acceptors (Lipinski definition) is 3. The van der Waals surface area contributed by atoms with Crippen molar-refractivity contribution >= 4 is 15.9 Å². The summed E-state index contributed by atoms with van der Waals surface area (Å²) in [4.78, 5) is 11.6. The summed E-state index contributed by atoms with van der Waals surface area (Å²) in [5.74, 6) is -0.347. The number of carbonyl (C=O) groups is 1. The first-order chi connectivity index (χ1) is 6.33. The van der Waals surface area contributed by atoms with Crippen molar-refractivity contribution < 1.29 is 13.2 Å². The second kappa shape index (κ2) is 3.88. The number of nitrogens with one attached hydrogen (secondary N) is 1. The molecule has 0 bridgehead atoms. The van der Waals surface area contributed by atoms with E-state index < -0.39 is 15.4 Å². The summed E-state index contributed by atoms with van der Waals surface area (Å²) in [6, 6.07) is 0. The highest BCUT2D eigenvalue weighted by Gasteiger charge is 2.35. The van der Waals surface area contributed by atoms with Gasteiger partial charge in [-0.3, -0.25) is 9.52 Å². The van der Waals surface area contributed by atoms with Crippen LogP contribution in [0.3, 0.4) is 0 Å². The highest BCUT2D eigenvalue weighted by Crippen LogP contribution is 2.35. The van der Waals surface area contributed by atoms with Gasteiger partial charge in [0.1, 0.15) is 0 Å². The molecule has 0 heterocycles. The van der Waals surface area contributed by atoms with Crippen molar-refractivity contribution in [3.05, 3.63) is 0 Å². The standard InChI is InChI=1S/C9H17NO3S/c1-9(6-4-3-5-7-9)8(11)10-14(2,12)13/h3-7H2,1-2H3,(H,10,11). The summed E-state index contributed by atoms with van der Waals surface area (Å²) in [5, 5.41) is 0. The summed E-state index contributed by atoms with van der Waals surface area (Å²) in [6.45, 7) is 1.84. The third kappa shape index (κ3) is 2.97. The molecular formula is C9H17NO3S. The van der Waals surface area contributed by atoms with Crippen molar-refractivity contribution in [1.82, 2.24) is 4.72 Å². The lowest BCUT2D eigenvalue weighted by Crippen LogP contribution is -2.42. The maximum Gasteiger partial charge on any atom is 0.239 e. The number of hydrogen-bond donors (Lipinski definition) is 1. The molecule has 1 aliphatic rings. The summed E-state index contributed by atoms with van der Waals surface area (Å²) in [5.41, 5.74) is -0.485. The molecule has 1 rings (SSSR count). The SMILES string of the molecule is CC1(C(=O)NS(C)(=O)=O)CCCCC1. The van der Waals surface area contributed by atoms with Crippen LogP contribution in [0.2, 0.25) is 0 Å². The summed E-state index contributed by atoms with van der Waals surface area (Å²) in [7, 11) is -3.41. The maximum atomic E-state index is 11.6. The molecule has 5 heteroatoms. The molecule has 0 unspecified atom stereocenters. The predicted octanol–water partition coefficient (Wildman–Crippen LogP) is 1.03. The molecule has 1 saturated carbocycles. The molecule has 0 spiro atoms. The summed E-state index contributed by atoms with van der Waals surface area (Å²) in [6.07, 6.45) is 5.74. The van der Waals surface area contributed by atoms with Crippen molar-refractivity contribution in [2.24, 2.45) is 5.41 Å². The molecule has 1 fully saturated rings. The number of sulfonamides is 1. The predicted molar refractivity (Wildman–Crippen MR) is 54.2 cm³/mol. The molecule has 0 aromatic carbocycles. The molecule has 0 aromatic heterocycles. The highest BCUT2D eigenvalue weighted by atomic mass is 32.2. The van der Waals surface area contributed by atoms with Gasteiger partial charge in [0, 0.05) is 5.41 Å². The normalized spacial score (nSPS) is 21.6. The van der Waals surface area contributed by atoms with E-state index in [1.54, 1.807) is 0 Å². The van der Waals surface area contributed by atoms with Gasteiger partial charge in [-0.1, -0.05) is 26.2 Å². The Kier molecular flexibility index (Phi) is 3.19. The zero-order chi connectivity index (χ0) is 10.8. The zero-order valence-corrected chi connectivity index (χ0v) is 9.49. The Balaban J connectivity index is 2.67. The third-order valence-corrected chi connectivity index (χ3v) is 3.34. The fourth-order valence-corrected chi connectivity index (χ4v) is 2.43. The zero-order valence-electron chi connectivity index (χ0n) is 8.67.